The molecule has 1 fully saturated rings. The van der Waals surface area contributed by atoms with Gasteiger partial charge < -0.3 is 15.8 Å². The van der Waals surface area contributed by atoms with E-state index in [2.05, 4.69) is 15.3 Å². The summed E-state index contributed by atoms with van der Waals surface area (Å²) in [4.78, 5) is 32.1. The Morgan fingerprint density at radius 1 is 1.38 bits per heavy atom. The molecule has 2 heterocycles. The van der Waals surface area contributed by atoms with Crippen LogP contribution >= 0.6 is 0 Å². The summed E-state index contributed by atoms with van der Waals surface area (Å²) in [5, 5.41) is 2.67. The summed E-state index contributed by atoms with van der Waals surface area (Å²) in [6.45, 7) is 2.30. The zero-order chi connectivity index (χ0) is 18.7. The van der Waals surface area contributed by atoms with E-state index < -0.39 is 17.1 Å². The number of hydrogen-bond acceptors (Lipinski definition) is 5. The number of primary amides is 1. The summed E-state index contributed by atoms with van der Waals surface area (Å²) in [6.07, 6.45) is 1.73. The standard InChI is InChI=1S/C18H19FN4O3/c1-2-26-14-4-3-11(19)7-12(14)13-8-15(23-10-22-13)18(17(20)25)6-5-16(24)21-9-18/h3-4,7-8,10H,2,5-6,9H2,1H3,(H2,20,25)(H,21,24). The number of hydrogen-bond donors (Lipinski definition) is 2. The Morgan fingerprint density at radius 2 is 2.19 bits per heavy atom. The normalized spacial score (nSPS) is 19.7. The number of benzene rings is 1. The highest BCUT2D eigenvalue weighted by atomic mass is 19.1. The minimum atomic E-state index is -1.12. The van der Waals surface area contributed by atoms with E-state index in [4.69, 9.17) is 10.5 Å². The number of nitrogens with zero attached hydrogens (tertiary/aromatic N) is 2. The topological polar surface area (TPSA) is 107 Å². The summed E-state index contributed by atoms with van der Waals surface area (Å²) in [5.74, 6) is -0.673. The minimum Gasteiger partial charge on any atom is -0.493 e. The van der Waals surface area contributed by atoms with Crippen LogP contribution in [0, 0.1) is 5.82 Å². The quantitative estimate of drug-likeness (QED) is 0.838. The van der Waals surface area contributed by atoms with Gasteiger partial charge in [-0.1, -0.05) is 0 Å². The average Bonchev–Trinajstić information content (AvgIpc) is 2.64. The van der Waals surface area contributed by atoms with E-state index in [9.17, 15) is 14.0 Å². The molecule has 2 amide bonds. The van der Waals surface area contributed by atoms with Gasteiger partial charge in [0, 0.05) is 18.5 Å². The van der Waals surface area contributed by atoms with Crippen molar-refractivity contribution < 1.29 is 18.7 Å². The average molecular weight is 358 g/mol. The lowest BCUT2D eigenvalue weighted by Gasteiger charge is -2.33. The first-order chi connectivity index (χ1) is 12.5. The van der Waals surface area contributed by atoms with Crippen LogP contribution in [0.5, 0.6) is 5.75 Å². The number of carbonyl (C=O) groups is 2. The molecular weight excluding hydrogens is 339 g/mol. The van der Waals surface area contributed by atoms with Crippen molar-refractivity contribution in [3.8, 4) is 17.0 Å². The van der Waals surface area contributed by atoms with Crippen molar-refractivity contribution in [3.63, 3.8) is 0 Å². The lowest BCUT2D eigenvalue weighted by molar-refractivity contribution is -0.128. The molecule has 136 valence electrons. The molecule has 7 nitrogen and oxygen atoms in total. The third-order valence-electron chi connectivity index (χ3n) is 4.51. The zero-order valence-electron chi connectivity index (χ0n) is 14.3. The lowest BCUT2D eigenvalue weighted by Crippen LogP contribution is -2.54. The van der Waals surface area contributed by atoms with E-state index in [1.807, 2.05) is 6.92 Å². The molecule has 0 saturated carbocycles. The van der Waals surface area contributed by atoms with Gasteiger partial charge in [-0.2, -0.15) is 0 Å². The molecular formula is C18H19FN4O3. The van der Waals surface area contributed by atoms with Crippen molar-refractivity contribution in [1.82, 2.24) is 15.3 Å². The van der Waals surface area contributed by atoms with Crippen molar-refractivity contribution in [2.75, 3.05) is 13.2 Å². The first-order valence-corrected chi connectivity index (χ1v) is 8.28. The second-order valence-electron chi connectivity index (χ2n) is 6.09. The fourth-order valence-corrected chi connectivity index (χ4v) is 3.06. The van der Waals surface area contributed by atoms with Gasteiger partial charge in [-0.05, 0) is 37.6 Å². The lowest BCUT2D eigenvalue weighted by atomic mass is 9.76. The number of nitrogens with one attached hydrogen (secondary N) is 1. The highest BCUT2D eigenvalue weighted by molar-refractivity contribution is 5.90. The second kappa shape index (κ2) is 7.07. The molecule has 0 radical (unpaired) electrons. The summed E-state index contributed by atoms with van der Waals surface area (Å²) in [7, 11) is 0. The van der Waals surface area contributed by atoms with Gasteiger partial charge in [-0.3, -0.25) is 9.59 Å². The SMILES string of the molecule is CCOc1ccc(F)cc1-c1cc(C2(C(N)=O)CCC(=O)NC2)ncn1. The Hall–Kier alpha value is -3.03. The number of aromatic nitrogens is 2. The van der Waals surface area contributed by atoms with Crippen molar-refractivity contribution in [2.24, 2.45) is 5.73 Å². The van der Waals surface area contributed by atoms with Gasteiger partial charge in [0.1, 0.15) is 23.3 Å². The van der Waals surface area contributed by atoms with E-state index in [1.54, 1.807) is 6.07 Å². The molecule has 3 rings (SSSR count). The number of carbonyl (C=O) groups excluding carboxylic acids is 2. The van der Waals surface area contributed by atoms with Gasteiger partial charge in [-0.25, -0.2) is 14.4 Å². The maximum Gasteiger partial charge on any atom is 0.231 e. The van der Waals surface area contributed by atoms with Crippen LogP contribution in [0.4, 0.5) is 4.39 Å². The number of rotatable bonds is 5. The van der Waals surface area contributed by atoms with Crippen LogP contribution < -0.4 is 15.8 Å². The summed E-state index contributed by atoms with van der Waals surface area (Å²) in [6, 6.07) is 5.75. The molecule has 1 atom stereocenters. The Kier molecular flexibility index (Phi) is 4.83. The highest BCUT2D eigenvalue weighted by Gasteiger charge is 2.43. The van der Waals surface area contributed by atoms with E-state index >= 15 is 0 Å². The molecule has 1 aromatic carbocycles. The molecule has 1 aliphatic rings. The second-order valence-corrected chi connectivity index (χ2v) is 6.09. The molecule has 2 aromatic rings. The molecule has 26 heavy (non-hydrogen) atoms. The maximum absolute atomic E-state index is 13.8. The monoisotopic (exact) mass is 358 g/mol. The van der Waals surface area contributed by atoms with Crippen LogP contribution in [-0.2, 0) is 15.0 Å². The van der Waals surface area contributed by atoms with Crippen LogP contribution in [0.2, 0.25) is 0 Å². The Morgan fingerprint density at radius 3 is 2.85 bits per heavy atom. The van der Waals surface area contributed by atoms with Crippen molar-refractivity contribution in [2.45, 2.75) is 25.2 Å². The fraction of sp³-hybridized carbons (Fsp3) is 0.333. The van der Waals surface area contributed by atoms with E-state index in [0.29, 0.717) is 29.3 Å². The van der Waals surface area contributed by atoms with Gasteiger partial charge in [-0.15, -0.1) is 0 Å². The van der Waals surface area contributed by atoms with Crippen LogP contribution in [0.3, 0.4) is 0 Å². The third-order valence-corrected chi connectivity index (χ3v) is 4.51. The van der Waals surface area contributed by atoms with Gasteiger partial charge in [0.25, 0.3) is 0 Å². The highest BCUT2D eigenvalue weighted by Crippen LogP contribution is 2.34. The molecule has 0 aliphatic carbocycles. The molecule has 1 aliphatic heterocycles. The number of ether oxygens (including phenoxy) is 1. The van der Waals surface area contributed by atoms with Gasteiger partial charge in [0.05, 0.1) is 18.0 Å². The Bertz CT molecular complexity index is 846. The number of amides is 2. The molecule has 0 bridgehead atoms. The molecule has 1 unspecified atom stereocenters. The molecule has 1 aromatic heterocycles. The predicted molar refractivity (Wildman–Crippen MR) is 91.7 cm³/mol. The molecule has 0 spiro atoms. The van der Waals surface area contributed by atoms with E-state index in [1.165, 1.54) is 24.5 Å². The summed E-state index contributed by atoms with van der Waals surface area (Å²) >= 11 is 0. The van der Waals surface area contributed by atoms with Gasteiger partial charge in [0.2, 0.25) is 11.8 Å². The summed E-state index contributed by atoms with van der Waals surface area (Å²) in [5.41, 5.74) is 5.77. The smallest absolute Gasteiger partial charge is 0.231 e. The van der Waals surface area contributed by atoms with Crippen LogP contribution in [-0.4, -0.2) is 34.9 Å². The Labute approximate surface area is 149 Å². The number of nitrogens with two attached hydrogens (primary N) is 1. The summed E-state index contributed by atoms with van der Waals surface area (Å²) < 4.78 is 19.3. The van der Waals surface area contributed by atoms with Crippen LogP contribution in [0.25, 0.3) is 11.3 Å². The maximum atomic E-state index is 13.8. The van der Waals surface area contributed by atoms with Crippen molar-refractivity contribution in [3.05, 3.63) is 42.1 Å². The number of halogens is 1. The predicted octanol–water partition coefficient (Wildman–Crippen LogP) is 1.31. The first-order valence-electron chi connectivity index (χ1n) is 8.28. The first kappa shape index (κ1) is 17.8. The van der Waals surface area contributed by atoms with Crippen LogP contribution in [0.1, 0.15) is 25.5 Å². The molecule has 8 heteroatoms. The largest absolute Gasteiger partial charge is 0.493 e. The third kappa shape index (κ3) is 3.22. The van der Waals surface area contributed by atoms with Gasteiger partial charge in [0.15, 0.2) is 0 Å². The van der Waals surface area contributed by atoms with Crippen LogP contribution in [0.15, 0.2) is 30.6 Å². The van der Waals surface area contributed by atoms with E-state index in [-0.39, 0.29) is 25.3 Å². The molecule has 3 N–H and O–H groups in total. The van der Waals surface area contributed by atoms with Gasteiger partial charge >= 0.3 is 0 Å². The minimum absolute atomic E-state index is 0.0685. The zero-order valence-corrected chi connectivity index (χ0v) is 14.3. The Balaban J connectivity index is 2.07. The van der Waals surface area contributed by atoms with Crippen molar-refractivity contribution in [1.29, 1.82) is 0 Å². The molecule has 1 saturated heterocycles. The van der Waals surface area contributed by atoms with E-state index in [0.717, 1.165) is 0 Å². The fourth-order valence-electron chi connectivity index (χ4n) is 3.06. The van der Waals surface area contributed by atoms with Crippen molar-refractivity contribution >= 4 is 11.8 Å². The number of piperidine rings is 1.